The van der Waals surface area contributed by atoms with E-state index in [9.17, 15) is 9.59 Å². The molecule has 0 spiro atoms. The Bertz CT molecular complexity index is 1290. The molecule has 2 N–H and O–H groups in total. The summed E-state index contributed by atoms with van der Waals surface area (Å²) in [6.45, 7) is 3.93. The van der Waals surface area contributed by atoms with E-state index in [1.54, 1.807) is 12.1 Å². The summed E-state index contributed by atoms with van der Waals surface area (Å²) in [7, 11) is 0. The highest BCUT2D eigenvalue weighted by molar-refractivity contribution is 8.00. The molecule has 0 fully saturated rings. The van der Waals surface area contributed by atoms with Gasteiger partial charge in [0.15, 0.2) is 11.7 Å². The molecular formula is C26H25N3O3S2. The third-order valence-corrected chi connectivity index (χ3v) is 7.24. The average molecular weight is 492 g/mol. The Labute approximate surface area is 206 Å². The van der Waals surface area contributed by atoms with E-state index in [0.717, 1.165) is 20.7 Å². The summed E-state index contributed by atoms with van der Waals surface area (Å²) >= 11 is 2.93. The van der Waals surface area contributed by atoms with Crippen molar-refractivity contribution in [1.29, 1.82) is 0 Å². The van der Waals surface area contributed by atoms with Gasteiger partial charge in [0, 0.05) is 10.6 Å². The molecule has 4 rings (SSSR count). The maximum atomic E-state index is 12.9. The number of anilines is 2. The zero-order valence-corrected chi connectivity index (χ0v) is 20.5. The molecule has 4 aromatic rings. The molecule has 1 aromatic heterocycles. The topological polar surface area (TPSA) is 80.3 Å². The third kappa shape index (κ3) is 6.36. The van der Waals surface area contributed by atoms with Crippen molar-refractivity contribution in [2.75, 3.05) is 17.2 Å². The number of nitrogens with zero attached hydrogens (tertiary/aromatic N) is 1. The summed E-state index contributed by atoms with van der Waals surface area (Å²) in [5.74, 6) is 0.304. The van der Waals surface area contributed by atoms with Gasteiger partial charge in [-0.25, -0.2) is 4.98 Å². The van der Waals surface area contributed by atoms with Crippen LogP contribution in [0.4, 0.5) is 10.8 Å². The fourth-order valence-corrected chi connectivity index (χ4v) is 5.25. The Kier molecular flexibility index (Phi) is 7.82. The molecule has 6 nitrogen and oxygen atoms in total. The molecular weight excluding hydrogens is 466 g/mol. The maximum Gasteiger partial charge on any atom is 0.262 e. The second-order valence-corrected chi connectivity index (χ2v) is 9.98. The Morgan fingerprint density at radius 3 is 2.65 bits per heavy atom. The molecule has 174 valence electrons. The van der Waals surface area contributed by atoms with Crippen molar-refractivity contribution < 1.29 is 14.3 Å². The molecule has 3 aromatic carbocycles. The predicted molar refractivity (Wildman–Crippen MR) is 140 cm³/mol. The van der Waals surface area contributed by atoms with Gasteiger partial charge >= 0.3 is 0 Å². The summed E-state index contributed by atoms with van der Waals surface area (Å²) < 4.78 is 6.54. The number of aromatic nitrogens is 1. The Morgan fingerprint density at radius 2 is 1.85 bits per heavy atom. The molecule has 0 aliphatic heterocycles. The van der Waals surface area contributed by atoms with E-state index in [1.807, 2.05) is 68.4 Å². The first-order chi connectivity index (χ1) is 16.5. The summed E-state index contributed by atoms with van der Waals surface area (Å²) in [5.41, 5.74) is 2.70. The standard InChI is InChI=1S/C26H25N3O3S2/c1-3-22(25(31)29-26-28-21-13-12-17(2)14-23(21)34-26)33-20-11-7-8-18(15-20)27-24(30)16-32-19-9-5-4-6-10-19/h4-15,22H,3,16H2,1-2H3,(H,27,30)(H,28,29,31). The normalized spacial score (nSPS) is 11.7. The SMILES string of the molecule is CCC(Sc1cccc(NC(=O)COc2ccccc2)c1)C(=O)Nc1nc2ccc(C)cc2s1. The van der Waals surface area contributed by atoms with Crippen molar-refractivity contribution in [2.24, 2.45) is 0 Å². The molecule has 2 amide bonds. The number of hydrogen-bond donors (Lipinski definition) is 2. The molecule has 1 unspecified atom stereocenters. The average Bonchev–Trinajstić information content (AvgIpc) is 3.23. The van der Waals surface area contributed by atoms with Crippen molar-refractivity contribution in [3.63, 3.8) is 0 Å². The molecule has 0 radical (unpaired) electrons. The van der Waals surface area contributed by atoms with Gasteiger partial charge in [0.05, 0.1) is 15.5 Å². The predicted octanol–water partition coefficient (Wildman–Crippen LogP) is 6.13. The number of fused-ring (bicyclic) bond motifs is 1. The van der Waals surface area contributed by atoms with Gasteiger partial charge in [0.2, 0.25) is 5.91 Å². The molecule has 0 saturated heterocycles. The minimum absolute atomic E-state index is 0.0803. The van der Waals surface area contributed by atoms with Gasteiger partial charge in [-0.3, -0.25) is 9.59 Å². The first kappa shape index (κ1) is 23.8. The molecule has 0 aliphatic rings. The quantitative estimate of drug-likeness (QED) is 0.275. The number of thiazole rings is 1. The van der Waals surface area contributed by atoms with Crippen LogP contribution in [0.3, 0.4) is 0 Å². The van der Waals surface area contributed by atoms with Crippen LogP contribution in [0.5, 0.6) is 5.75 Å². The minimum atomic E-state index is -0.291. The van der Waals surface area contributed by atoms with Gasteiger partial charge in [0.1, 0.15) is 5.75 Å². The van der Waals surface area contributed by atoms with Crippen molar-refractivity contribution in [3.05, 3.63) is 78.4 Å². The molecule has 8 heteroatoms. The van der Waals surface area contributed by atoms with E-state index in [2.05, 4.69) is 21.7 Å². The molecule has 1 heterocycles. The Balaban J connectivity index is 1.35. The van der Waals surface area contributed by atoms with Crippen molar-refractivity contribution >= 4 is 55.9 Å². The van der Waals surface area contributed by atoms with Gasteiger partial charge in [-0.05, 0) is 61.4 Å². The van der Waals surface area contributed by atoms with E-state index < -0.39 is 0 Å². The number of para-hydroxylation sites is 1. The Hall–Kier alpha value is -3.36. The largest absolute Gasteiger partial charge is 0.484 e. The highest BCUT2D eigenvalue weighted by Gasteiger charge is 2.20. The van der Waals surface area contributed by atoms with Crippen LogP contribution >= 0.6 is 23.1 Å². The molecule has 0 aliphatic carbocycles. The van der Waals surface area contributed by atoms with Crippen LogP contribution in [0.25, 0.3) is 10.2 Å². The number of rotatable bonds is 9. The number of benzene rings is 3. The van der Waals surface area contributed by atoms with E-state index in [-0.39, 0.29) is 23.7 Å². The van der Waals surface area contributed by atoms with E-state index in [0.29, 0.717) is 23.0 Å². The van der Waals surface area contributed by atoms with Crippen LogP contribution in [0, 0.1) is 6.92 Å². The van der Waals surface area contributed by atoms with Gasteiger partial charge in [-0.1, -0.05) is 48.6 Å². The lowest BCUT2D eigenvalue weighted by molar-refractivity contribution is -0.118. The minimum Gasteiger partial charge on any atom is -0.484 e. The fraction of sp³-hybridized carbons (Fsp3) is 0.192. The summed E-state index contributed by atoms with van der Waals surface area (Å²) in [5, 5.41) is 6.12. The fourth-order valence-electron chi connectivity index (χ4n) is 3.27. The summed E-state index contributed by atoms with van der Waals surface area (Å²) in [6, 6.07) is 22.7. The van der Waals surface area contributed by atoms with Gasteiger partial charge in [0.25, 0.3) is 5.91 Å². The van der Waals surface area contributed by atoms with E-state index >= 15 is 0 Å². The molecule has 1 atom stereocenters. The van der Waals surface area contributed by atoms with Crippen molar-refractivity contribution in [2.45, 2.75) is 30.4 Å². The highest BCUT2D eigenvalue weighted by atomic mass is 32.2. The number of carbonyl (C=O) groups is 2. The number of carbonyl (C=O) groups excluding carboxylic acids is 2. The number of amides is 2. The smallest absolute Gasteiger partial charge is 0.262 e. The number of hydrogen-bond acceptors (Lipinski definition) is 6. The molecule has 0 bridgehead atoms. The highest BCUT2D eigenvalue weighted by Crippen LogP contribution is 2.31. The lowest BCUT2D eigenvalue weighted by atomic mass is 10.2. The second-order valence-electron chi connectivity index (χ2n) is 7.67. The maximum absolute atomic E-state index is 12.9. The summed E-state index contributed by atoms with van der Waals surface area (Å²) in [4.78, 5) is 30.6. The van der Waals surface area contributed by atoms with Crippen LogP contribution in [-0.2, 0) is 9.59 Å². The lowest BCUT2D eigenvalue weighted by Crippen LogP contribution is -2.24. The van der Waals surface area contributed by atoms with E-state index in [1.165, 1.54) is 23.1 Å². The van der Waals surface area contributed by atoms with Crippen LogP contribution in [0.1, 0.15) is 18.9 Å². The number of ether oxygens (including phenoxy) is 1. The third-order valence-electron chi connectivity index (χ3n) is 4.95. The Morgan fingerprint density at radius 1 is 1.03 bits per heavy atom. The van der Waals surface area contributed by atoms with Gasteiger partial charge in [-0.15, -0.1) is 11.8 Å². The van der Waals surface area contributed by atoms with Gasteiger partial charge in [-0.2, -0.15) is 0 Å². The monoisotopic (exact) mass is 491 g/mol. The molecule has 0 saturated carbocycles. The zero-order valence-electron chi connectivity index (χ0n) is 18.9. The van der Waals surface area contributed by atoms with Crippen LogP contribution in [0.15, 0.2) is 77.7 Å². The van der Waals surface area contributed by atoms with Crippen molar-refractivity contribution in [3.8, 4) is 5.75 Å². The van der Waals surface area contributed by atoms with Crippen LogP contribution in [-0.4, -0.2) is 28.7 Å². The zero-order chi connectivity index (χ0) is 23.9. The summed E-state index contributed by atoms with van der Waals surface area (Å²) in [6.07, 6.45) is 0.655. The first-order valence-corrected chi connectivity index (χ1v) is 12.6. The first-order valence-electron chi connectivity index (χ1n) is 10.9. The second kappa shape index (κ2) is 11.2. The lowest BCUT2D eigenvalue weighted by Gasteiger charge is -2.14. The number of aryl methyl sites for hydroxylation is 1. The molecule has 34 heavy (non-hydrogen) atoms. The number of nitrogens with one attached hydrogen (secondary N) is 2. The van der Waals surface area contributed by atoms with Gasteiger partial charge < -0.3 is 15.4 Å². The number of thioether (sulfide) groups is 1. The van der Waals surface area contributed by atoms with E-state index in [4.69, 9.17) is 4.74 Å². The van der Waals surface area contributed by atoms with Crippen LogP contribution < -0.4 is 15.4 Å². The van der Waals surface area contributed by atoms with Crippen LogP contribution in [0.2, 0.25) is 0 Å². The van der Waals surface area contributed by atoms with Crippen molar-refractivity contribution in [1.82, 2.24) is 4.98 Å².